The van der Waals surface area contributed by atoms with Crippen molar-refractivity contribution < 1.29 is 14.3 Å². The fourth-order valence-electron chi connectivity index (χ4n) is 2.02. The van der Waals surface area contributed by atoms with Gasteiger partial charge in [-0.1, -0.05) is 34.1 Å². The molecule has 0 heterocycles. The minimum absolute atomic E-state index is 0.157. The van der Waals surface area contributed by atoms with Crippen molar-refractivity contribution in [2.75, 3.05) is 20.0 Å². The lowest BCUT2D eigenvalue weighted by atomic mass is 10.2. The normalized spacial score (nSPS) is 10.7. The van der Waals surface area contributed by atoms with Crippen molar-refractivity contribution in [2.24, 2.45) is 5.10 Å². The van der Waals surface area contributed by atoms with Crippen molar-refractivity contribution in [3.63, 3.8) is 0 Å². The summed E-state index contributed by atoms with van der Waals surface area (Å²) < 4.78 is 11.5. The van der Waals surface area contributed by atoms with E-state index in [9.17, 15) is 4.79 Å². The predicted molar refractivity (Wildman–Crippen MR) is 106 cm³/mol. The van der Waals surface area contributed by atoms with Crippen LogP contribution in [-0.4, -0.2) is 32.1 Å². The van der Waals surface area contributed by atoms with Gasteiger partial charge in [-0.15, -0.1) is 11.8 Å². The quantitative estimate of drug-likeness (QED) is 0.518. The zero-order valence-corrected chi connectivity index (χ0v) is 16.4. The molecule has 1 N–H and O–H groups in total. The van der Waals surface area contributed by atoms with E-state index in [1.54, 1.807) is 32.4 Å². The molecule has 2 rings (SSSR count). The average molecular weight is 423 g/mol. The molecule has 5 nitrogen and oxygen atoms in total. The largest absolute Gasteiger partial charge is 0.497 e. The van der Waals surface area contributed by atoms with E-state index in [2.05, 4.69) is 26.5 Å². The minimum atomic E-state index is -0.157. The van der Waals surface area contributed by atoms with Crippen molar-refractivity contribution in [1.29, 1.82) is 0 Å². The maximum absolute atomic E-state index is 11.9. The zero-order chi connectivity index (χ0) is 18.1. The number of nitrogens with one attached hydrogen (secondary N) is 1. The molecule has 1 amide bonds. The van der Waals surface area contributed by atoms with Crippen LogP contribution in [0.25, 0.3) is 0 Å². The third-order valence-electron chi connectivity index (χ3n) is 3.28. The number of carbonyl (C=O) groups is 1. The molecule has 0 aliphatic carbocycles. The maximum Gasteiger partial charge on any atom is 0.250 e. The molecule has 2 aromatic rings. The van der Waals surface area contributed by atoms with Crippen molar-refractivity contribution >= 4 is 39.8 Å². The molecule has 25 heavy (non-hydrogen) atoms. The van der Waals surface area contributed by atoms with Gasteiger partial charge in [-0.05, 0) is 29.8 Å². The smallest absolute Gasteiger partial charge is 0.250 e. The number of ether oxygens (including phenoxy) is 2. The van der Waals surface area contributed by atoms with E-state index >= 15 is 0 Å². The van der Waals surface area contributed by atoms with Crippen LogP contribution in [0.3, 0.4) is 0 Å². The first-order valence-corrected chi connectivity index (χ1v) is 9.44. The summed E-state index contributed by atoms with van der Waals surface area (Å²) in [5, 5.41) is 3.99. The predicted octanol–water partition coefficient (Wildman–Crippen LogP) is 3.85. The Morgan fingerprint density at radius 3 is 2.76 bits per heavy atom. The second-order valence-electron chi connectivity index (χ2n) is 4.99. The van der Waals surface area contributed by atoms with E-state index in [0.717, 1.165) is 21.4 Å². The Labute approximate surface area is 159 Å². The van der Waals surface area contributed by atoms with Crippen LogP contribution in [0.1, 0.15) is 11.1 Å². The van der Waals surface area contributed by atoms with Gasteiger partial charge in [-0.3, -0.25) is 4.79 Å². The van der Waals surface area contributed by atoms with Crippen molar-refractivity contribution in [1.82, 2.24) is 5.43 Å². The van der Waals surface area contributed by atoms with Gasteiger partial charge in [0.15, 0.2) is 0 Å². The van der Waals surface area contributed by atoms with Gasteiger partial charge in [0.1, 0.15) is 11.5 Å². The molecule has 0 aromatic heterocycles. The van der Waals surface area contributed by atoms with Gasteiger partial charge in [0.25, 0.3) is 0 Å². The lowest BCUT2D eigenvalue weighted by molar-refractivity contribution is -0.118. The highest BCUT2D eigenvalue weighted by Crippen LogP contribution is 2.22. The number of methoxy groups -OCH3 is 2. The SMILES string of the molecule is COc1ccc(OC)c(/C=N\NC(=O)CSCc2ccccc2Br)c1. The molecule has 0 atom stereocenters. The first-order chi connectivity index (χ1) is 12.1. The Morgan fingerprint density at radius 1 is 1.24 bits per heavy atom. The van der Waals surface area contributed by atoms with Crippen molar-refractivity contribution in [3.8, 4) is 11.5 Å². The van der Waals surface area contributed by atoms with Gasteiger partial charge >= 0.3 is 0 Å². The molecule has 7 heteroatoms. The summed E-state index contributed by atoms with van der Waals surface area (Å²) in [6.07, 6.45) is 1.54. The maximum atomic E-state index is 11.9. The van der Waals surface area contributed by atoms with Gasteiger partial charge in [0.05, 0.1) is 26.2 Å². The van der Waals surface area contributed by atoms with E-state index in [1.165, 1.54) is 18.0 Å². The summed E-state index contributed by atoms with van der Waals surface area (Å²) in [4.78, 5) is 11.9. The second kappa shape index (κ2) is 10.1. The molecule has 0 fully saturated rings. The van der Waals surface area contributed by atoms with Gasteiger partial charge < -0.3 is 9.47 Å². The van der Waals surface area contributed by atoms with Crippen LogP contribution in [-0.2, 0) is 10.5 Å². The molecule has 0 bridgehead atoms. The number of benzene rings is 2. The molecule has 132 valence electrons. The summed E-state index contributed by atoms with van der Waals surface area (Å²) in [5.41, 5.74) is 4.40. The number of nitrogens with zero attached hydrogens (tertiary/aromatic N) is 1. The van der Waals surface area contributed by atoms with Gasteiger partial charge in [-0.2, -0.15) is 5.10 Å². The monoisotopic (exact) mass is 422 g/mol. The highest BCUT2D eigenvalue weighted by molar-refractivity contribution is 9.10. The van der Waals surface area contributed by atoms with Crippen LogP contribution in [0.4, 0.5) is 0 Å². The topological polar surface area (TPSA) is 59.9 Å². The third-order valence-corrected chi connectivity index (χ3v) is 5.03. The minimum Gasteiger partial charge on any atom is -0.497 e. The molecule has 0 aliphatic rings. The van der Waals surface area contributed by atoms with Crippen LogP contribution in [0.2, 0.25) is 0 Å². The highest BCUT2D eigenvalue weighted by Gasteiger charge is 2.05. The average Bonchev–Trinajstić information content (AvgIpc) is 2.63. The van der Waals surface area contributed by atoms with Crippen LogP contribution in [0, 0.1) is 0 Å². The molecular weight excluding hydrogens is 404 g/mol. The summed E-state index contributed by atoms with van der Waals surface area (Å²) in [7, 11) is 3.17. The molecule has 0 saturated carbocycles. The van der Waals surface area contributed by atoms with Gasteiger partial charge in [0, 0.05) is 15.8 Å². The molecule has 0 unspecified atom stereocenters. The molecule has 0 aliphatic heterocycles. The Hall–Kier alpha value is -1.99. The van der Waals surface area contributed by atoms with Crippen molar-refractivity contribution in [3.05, 3.63) is 58.1 Å². The molecule has 0 radical (unpaired) electrons. The van der Waals surface area contributed by atoms with Crippen LogP contribution in [0.5, 0.6) is 11.5 Å². The number of hydrazone groups is 1. The van der Waals surface area contributed by atoms with Gasteiger partial charge in [-0.25, -0.2) is 5.43 Å². The number of halogens is 1. The first-order valence-electron chi connectivity index (χ1n) is 7.49. The van der Waals surface area contributed by atoms with E-state index in [4.69, 9.17) is 9.47 Å². The molecule has 2 aromatic carbocycles. The van der Waals surface area contributed by atoms with Crippen LogP contribution in [0.15, 0.2) is 52.0 Å². The Balaban J connectivity index is 1.83. The number of carbonyl (C=O) groups excluding carboxylic acids is 1. The lowest BCUT2D eigenvalue weighted by Gasteiger charge is -2.07. The summed E-state index contributed by atoms with van der Waals surface area (Å²) >= 11 is 5.03. The van der Waals surface area contributed by atoms with Crippen LogP contribution < -0.4 is 14.9 Å². The first kappa shape index (κ1) is 19.3. The van der Waals surface area contributed by atoms with E-state index < -0.39 is 0 Å². The zero-order valence-electron chi connectivity index (χ0n) is 14.0. The van der Waals surface area contributed by atoms with E-state index in [1.807, 2.05) is 24.3 Å². The Morgan fingerprint density at radius 2 is 2.04 bits per heavy atom. The number of hydrogen-bond acceptors (Lipinski definition) is 5. The van der Waals surface area contributed by atoms with Gasteiger partial charge in [0.2, 0.25) is 5.91 Å². The van der Waals surface area contributed by atoms with Crippen molar-refractivity contribution in [2.45, 2.75) is 5.75 Å². The number of rotatable bonds is 8. The Bertz CT molecular complexity index is 753. The van der Waals surface area contributed by atoms with E-state index in [-0.39, 0.29) is 5.91 Å². The third kappa shape index (κ3) is 6.10. The number of hydrogen-bond donors (Lipinski definition) is 1. The lowest BCUT2D eigenvalue weighted by Crippen LogP contribution is -2.19. The van der Waals surface area contributed by atoms with E-state index in [0.29, 0.717) is 17.3 Å². The highest BCUT2D eigenvalue weighted by atomic mass is 79.9. The summed E-state index contributed by atoms with van der Waals surface area (Å²) in [5.74, 6) is 2.27. The molecule has 0 spiro atoms. The molecular formula is C18H19BrN2O3S. The Kier molecular flexibility index (Phi) is 7.81. The fraction of sp³-hybridized carbons (Fsp3) is 0.222. The summed E-state index contributed by atoms with van der Waals surface area (Å²) in [6.45, 7) is 0. The summed E-state index contributed by atoms with van der Waals surface area (Å²) in [6, 6.07) is 13.3. The number of amides is 1. The second-order valence-corrected chi connectivity index (χ2v) is 6.83. The van der Waals surface area contributed by atoms with Crippen LogP contribution >= 0.6 is 27.7 Å². The number of thioether (sulfide) groups is 1. The standard InChI is InChI=1S/C18H19BrN2O3S/c1-23-15-7-8-17(24-2)14(9-15)10-20-21-18(22)12-25-11-13-5-3-4-6-16(13)19/h3-10H,11-12H2,1-2H3,(H,21,22)/b20-10-. The molecule has 0 saturated heterocycles. The fourth-order valence-corrected chi connectivity index (χ4v) is 3.45.